The Labute approximate surface area is 94.5 Å². The van der Waals surface area contributed by atoms with Crippen molar-refractivity contribution in [2.75, 3.05) is 7.05 Å². The molecule has 2 heterocycles. The standard InChI is InChI=1S/C11H15N5/c1-8-9(5-4-6-13-8)11(12-2)10-7-14-15-16(10)3/h4-7,11-12H,1-3H3. The molecule has 5 heteroatoms. The minimum atomic E-state index is 0.0775. The van der Waals surface area contributed by atoms with E-state index in [2.05, 4.69) is 26.7 Å². The van der Waals surface area contributed by atoms with Gasteiger partial charge in [0.25, 0.3) is 0 Å². The first kappa shape index (κ1) is 10.8. The van der Waals surface area contributed by atoms with E-state index in [1.807, 2.05) is 27.1 Å². The van der Waals surface area contributed by atoms with Crippen molar-refractivity contribution >= 4 is 0 Å². The van der Waals surface area contributed by atoms with Gasteiger partial charge in [0.05, 0.1) is 17.9 Å². The van der Waals surface area contributed by atoms with Crippen LogP contribution in [0.25, 0.3) is 0 Å². The fraction of sp³-hybridized carbons (Fsp3) is 0.364. The van der Waals surface area contributed by atoms with Crippen LogP contribution in [-0.4, -0.2) is 27.0 Å². The van der Waals surface area contributed by atoms with Crippen LogP contribution in [0.2, 0.25) is 0 Å². The number of hydrogen-bond acceptors (Lipinski definition) is 4. The quantitative estimate of drug-likeness (QED) is 0.827. The molecule has 0 aromatic carbocycles. The van der Waals surface area contributed by atoms with Crippen LogP contribution in [0.5, 0.6) is 0 Å². The van der Waals surface area contributed by atoms with E-state index in [0.29, 0.717) is 0 Å². The van der Waals surface area contributed by atoms with E-state index in [4.69, 9.17) is 0 Å². The highest BCUT2D eigenvalue weighted by atomic mass is 15.4. The first-order valence-corrected chi connectivity index (χ1v) is 5.17. The Hall–Kier alpha value is -1.75. The van der Waals surface area contributed by atoms with Crippen molar-refractivity contribution in [1.82, 2.24) is 25.3 Å². The number of hydrogen-bond donors (Lipinski definition) is 1. The minimum Gasteiger partial charge on any atom is -0.308 e. The van der Waals surface area contributed by atoms with Crippen LogP contribution in [0.15, 0.2) is 24.5 Å². The molecule has 2 rings (SSSR count). The van der Waals surface area contributed by atoms with Crippen LogP contribution >= 0.6 is 0 Å². The topological polar surface area (TPSA) is 55.6 Å². The first-order valence-electron chi connectivity index (χ1n) is 5.17. The van der Waals surface area contributed by atoms with E-state index in [1.165, 1.54) is 0 Å². The summed E-state index contributed by atoms with van der Waals surface area (Å²) in [5.41, 5.74) is 3.19. The first-order chi connectivity index (χ1) is 7.74. The molecule has 0 aliphatic carbocycles. The molecular weight excluding hydrogens is 202 g/mol. The average molecular weight is 217 g/mol. The molecule has 0 aliphatic heterocycles. The number of rotatable bonds is 3. The molecule has 16 heavy (non-hydrogen) atoms. The summed E-state index contributed by atoms with van der Waals surface area (Å²) in [6.45, 7) is 2.00. The molecule has 1 N–H and O–H groups in total. The molecule has 0 aliphatic rings. The zero-order chi connectivity index (χ0) is 11.5. The monoisotopic (exact) mass is 217 g/mol. The van der Waals surface area contributed by atoms with E-state index in [0.717, 1.165) is 17.0 Å². The Bertz CT molecular complexity index is 477. The number of aromatic nitrogens is 4. The Morgan fingerprint density at radius 2 is 2.25 bits per heavy atom. The molecule has 0 fully saturated rings. The maximum Gasteiger partial charge on any atom is 0.0799 e. The Morgan fingerprint density at radius 3 is 2.81 bits per heavy atom. The molecule has 2 aromatic heterocycles. The summed E-state index contributed by atoms with van der Waals surface area (Å²) >= 11 is 0. The summed E-state index contributed by atoms with van der Waals surface area (Å²) < 4.78 is 1.77. The molecule has 0 spiro atoms. The minimum absolute atomic E-state index is 0.0775. The zero-order valence-corrected chi connectivity index (χ0v) is 9.68. The molecular formula is C11H15N5. The van der Waals surface area contributed by atoms with Gasteiger partial charge >= 0.3 is 0 Å². The molecule has 2 aromatic rings. The van der Waals surface area contributed by atoms with Gasteiger partial charge in [0.1, 0.15) is 0 Å². The number of nitrogens with zero attached hydrogens (tertiary/aromatic N) is 4. The normalized spacial score (nSPS) is 12.7. The van der Waals surface area contributed by atoms with Gasteiger partial charge in [-0.2, -0.15) is 0 Å². The van der Waals surface area contributed by atoms with Crippen LogP contribution < -0.4 is 5.32 Å². The summed E-state index contributed by atoms with van der Waals surface area (Å²) in [7, 11) is 3.81. The summed E-state index contributed by atoms with van der Waals surface area (Å²) in [5, 5.41) is 11.1. The summed E-state index contributed by atoms with van der Waals surface area (Å²) in [6.07, 6.45) is 3.57. The highest BCUT2D eigenvalue weighted by Gasteiger charge is 2.17. The lowest BCUT2D eigenvalue weighted by atomic mass is 10.0. The highest BCUT2D eigenvalue weighted by molar-refractivity contribution is 5.29. The maximum absolute atomic E-state index is 4.30. The molecule has 1 unspecified atom stereocenters. The van der Waals surface area contributed by atoms with E-state index in [1.54, 1.807) is 17.1 Å². The van der Waals surface area contributed by atoms with Crippen molar-refractivity contribution < 1.29 is 0 Å². The predicted molar refractivity (Wildman–Crippen MR) is 60.9 cm³/mol. The molecule has 0 saturated heterocycles. The van der Waals surface area contributed by atoms with Gasteiger partial charge in [0.2, 0.25) is 0 Å². The number of aryl methyl sites for hydroxylation is 2. The Balaban J connectivity index is 2.45. The van der Waals surface area contributed by atoms with Crippen LogP contribution in [-0.2, 0) is 7.05 Å². The van der Waals surface area contributed by atoms with Crippen LogP contribution in [0.3, 0.4) is 0 Å². The number of pyridine rings is 1. The highest BCUT2D eigenvalue weighted by Crippen LogP contribution is 2.21. The van der Waals surface area contributed by atoms with E-state index >= 15 is 0 Å². The van der Waals surface area contributed by atoms with Crippen LogP contribution in [0.4, 0.5) is 0 Å². The second-order valence-corrected chi connectivity index (χ2v) is 3.68. The van der Waals surface area contributed by atoms with Gasteiger partial charge in [-0.3, -0.25) is 9.67 Å². The fourth-order valence-corrected chi connectivity index (χ4v) is 1.82. The molecule has 84 valence electrons. The predicted octanol–water partition coefficient (Wildman–Crippen LogP) is 0.827. The lowest BCUT2D eigenvalue weighted by molar-refractivity contribution is 0.594. The molecule has 0 radical (unpaired) electrons. The third kappa shape index (κ3) is 1.81. The smallest absolute Gasteiger partial charge is 0.0799 e. The van der Waals surface area contributed by atoms with Crippen molar-refractivity contribution in [3.8, 4) is 0 Å². The maximum atomic E-state index is 4.30. The van der Waals surface area contributed by atoms with E-state index < -0.39 is 0 Å². The molecule has 0 amide bonds. The van der Waals surface area contributed by atoms with Gasteiger partial charge in [-0.1, -0.05) is 11.3 Å². The van der Waals surface area contributed by atoms with Crippen molar-refractivity contribution in [3.05, 3.63) is 41.5 Å². The molecule has 0 bridgehead atoms. The van der Waals surface area contributed by atoms with Crippen molar-refractivity contribution in [1.29, 1.82) is 0 Å². The van der Waals surface area contributed by atoms with Gasteiger partial charge in [0, 0.05) is 18.9 Å². The second kappa shape index (κ2) is 4.40. The third-order valence-corrected chi connectivity index (χ3v) is 2.69. The van der Waals surface area contributed by atoms with Crippen molar-refractivity contribution in [3.63, 3.8) is 0 Å². The molecule has 0 saturated carbocycles. The average Bonchev–Trinajstić information content (AvgIpc) is 2.69. The van der Waals surface area contributed by atoms with Crippen molar-refractivity contribution in [2.24, 2.45) is 7.05 Å². The summed E-state index contributed by atoms with van der Waals surface area (Å²) in [6, 6.07) is 4.08. The van der Waals surface area contributed by atoms with E-state index in [9.17, 15) is 0 Å². The fourth-order valence-electron chi connectivity index (χ4n) is 1.82. The summed E-state index contributed by atoms with van der Waals surface area (Å²) in [5.74, 6) is 0. The van der Waals surface area contributed by atoms with Crippen LogP contribution in [0, 0.1) is 6.92 Å². The van der Waals surface area contributed by atoms with Gasteiger partial charge in [-0.25, -0.2) is 0 Å². The summed E-state index contributed by atoms with van der Waals surface area (Å²) in [4.78, 5) is 4.30. The lowest BCUT2D eigenvalue weighted by Crippen LogP contribution is -2.21. The van der Waals surface area contributed by atoms with Crippen molar-refractivity contribution in [2.45, 2.75) is 13.0 Å². The van der Waals surface area contributed by atoms with Gasteiger partial charge in [-0.05, 0) is 25.6 Å². The van der Waals surface area contributed by atoms with Gasteiger partial charge in [-0.15, -0.1) is 5.10 Å². The van der Waals surface area contributed by atoms with E-state index in [-0.39, 0.29) is 6.04 Å². The largest absolute Gasteiger partial charge is 0.308 e. The van der Waals surface area contributed by atoms with Gasteiger partial charge < -0.3 is 5.32 Å². The SMILES string of the molecule is CNC(c1cccnc1C)c1cnnn1C. The zero-order valence-electron chi connectivity index (χ0n) is 9.68. The Morgan fingerprint density at radius 1 is 1.44 bits per heavy atom. The van der Waals surface area contributed by atoms with Crippen LogP contribution in [0.1, 0.15) is 23.0 Å². The number of nitrogens with one attached hydrogen (secondary N) is 1. The second-order valence-electron chi connectivity index (χ2n) is 3.68. The van der Waals surface area contributed by atoms with Gasteiger partial charge in [0.15, 0.2) is 0 Å². The lowest BCUT2D eigenvalue weighted by Gasteiger charge is -2.17. The third-order valence-electron chi connectivity index (χ3n) is 2.69. The Kier molecular flexibility index (Phi) is 2.96. The molecule has 5 nitrogen and oxygen atoms in total. The molecule has 1 atom stereocenters.